The molecule has 1 saturated heterocycles. The van der Waals surface area contributed by atoms with E-state index in [1.54, 1.807) is 0 Å². The minimum atomic E-state index is -0.450. The summed E-state index contributed by atoms with van der Waals surface area (Å²) in [4.78, 5) is 14.2. The van der Waals surface area contributed by atoms with Gasteiger partial charge >= 0.3 is 6.09 Å². The first kappa shape index (κ1) is 21.5. The molecule has 5 nitrogen and oxygen atoms in total. The van der Waals surface area contributed by atoms with Crippen molar-refractivity contribution < 1.29 is 19.0 Å². The van der Waals surface area contributed by atoms with Crippen LogP contribution in [-0.2, 0) is 4.74 Å². The van der Waals surface area contributed by atoms with Crippen molar-refractivity contribution in [2.24, 2.45) is 11.8 Å². The van der Waals surface area contributed by atoms with E-state index in [0.717, 1.165) is 48.6 Å². The molecule has 2 aromatic rings. The molecule has 3 atom stereocenters. The van der Waals surface area contributed by atoms with E-state index in [0.29, 0.717) is 18.4 Å². The molecule has 2 aromatic carbocycles. The maximum atomic E-state index is 12.4. The fourth-order valence-corrected chi connectivity index (χ4v) is 4.67. The van der Waals surface area contributed by atoms with Crippen LogP contribution in [0.2, 0.25) is 0 Å². The number of benzene rings is 2. The summed E-state index contributed by atoms with van der Waals surface area (Å²) in [7, 11) is 0. The maximum Gasteiger partial charge on any atom is 0.410 e. The van der Waals surface area contributed by atoms with Crippen molar-refractivity contribution in [2.45, 2.75) is 52.2 Å². The monoisotopic (exact) mass is 423 g/mol. The number of amides is 1. The lowest BCUT2D eigenvalue weighted by molar-refractivity contribution is 0.0272. The van der Waals surface area contributed by atoms with E-state index in [4.69, 9.17) is 14.2 Å². The highest BCUT2D eigenvalue weighted by Gasteiger charge is 2.44. The second-order valence-electron chi connectivity index (χ2n) is 9.60. The summed E-state index contributed by atoms with van der Waals surface area (Å²) in [6, 6.07) is 16.4. The summed E-state index contributed by atoms with van der Waals surface area (Å²) in [5.41, 5.74) is 1.83. The summed E-state index contributed by atoms with van der Waals surface area (Å²) >= 11 is 0. The van der Waals surface area contributed by atoms with Gasteiger partial charge in [0.1, 0.15) is 17.1 Å². The average Bonchev–Trinajstić information content (AvgIpc) is 3.26. The molecule has 1 aliphatic heterocycles. The number of likely N-dealkylation sites (tertiary alicyclic amines) is 1. The second kappa shape index (κ2) is 8.81. The molecular weight excluding hydrogens is 390 g/mol. The van der Waals surface area contributed by atoms with Gasteiger partial charge < -0.3 is 19.1 Å². The topological polar surface area (TPSA) is 48.0 Å². The van der Waals surface area contributed by atoms with Crippen LogP contribution in [-0.4, -0.2) is 42.4 Å². The average molecular weight is 424 g/mol. The highest BCUT2D eigenvalue weighted by molar-refractivity contribution is 5.68. The minimum Gasteiger partial charge on any atom is -0.494 e. The van der Waals surface area contributed by atoms with Crippen LogP contribution in [0.1, 0.15) is 40.5 Å². The highest BCUT2D eigenvalue weighted by atomic mass is 16.6. The molecule has 31 heavy (non-hydrogen) atoms. The first-order valence-electron chi connectivity index (χ1n) is 11.3. The van der Waals surface area contributed by atoms with E-state index in [1.165, 1.54) is 0 Å². The van der Waals surface area contributed by atoms with E-state index in [9.17, 15) is 4.79 Å². The van der Waals surface area contributed by atoms with Crippen molar-refractivity contribution in [3.05, 3.63) is 48.5 Å². The molecule has 1 aliphatic carbocycles. The van der Waals surface area contributed by atoms with E-state index in [2.05, 4.69) is 24.3 Å². The molecule has 2 aliphatic rings. The summed E-state index contributed by atoms with van der Waals surface area (Å²) in [5.74, 6) is 2.77. The Bertz CT molecular complexity index is 888. The molecule has 4 rings (SSSR count). The zero-order valence-electron chi connectivity index (χ0n) is 19.0. The van der Waals surface area contributed by atoms with Gasteiger partial charge in [0.15, 0.2) is 0 Å². The molecule has 0 unspecified atom stereocenters. The molecule has 0 radical (unpaired) electrons. The van der Waals surface area contributed by atoms with Gasteiger partial charge in [-0.05, 0) is 87.8 Å². The van der Waals surface area contributed by atoms with Crippen LogP contribution in [0.25, 0.3) is 11.1 Å². The molecule has 1 saturated carbocycles. The van der Waals surface area contributed by atoms with Crippen LogP contribution in [0, 0.1) is 11.8 Å². The molecule has 166 valence electrons. The Balaban J connectivity index is 1.34. The molecule has 2 fully saturated rings. The van der Waals surface area contributed by atoms with Crippen LogP contribution in [0.4, 0.5) is 4.79 Å². The highest BCUT2D eigenvalue weighted by Crippen LogP contribution is 2.40. The Labute approximate surface area is 185 Å². The number of ether oxygens (including phenoxy) is 3. The fraction of sp³-hybridized carbons (Fsp3) is 0.500. The first-order valence-corrected chi connectivity index (χ1v) is 11.3. The van der Waals surface area contributed by atoms with Gasteiger partial charge in [0.05, 0.1) is 12.7 Å². The fourth-order valence-electron chi connectivity index (χ4n) is 4.67. The number of carbonyl (C=O) groups is 1. The van der Waals surface area contributed by atoms with Crippen LogP contribution in [0.5, 0.6) is 11.5 Å². The molecule has 0 spiro atoms. The van der Waals surface area contributed by atoms with Crippen LogP contribution in [0.3, 0.4) is 0 Å². The Morgan fingerprint density at radius 3 is 2.26 bits per heavy atom. The van der Waals surface area contributed by atoms with E-state index >= 15 is 0 Å². The normalized spacial score (nSPS) is 22.8. The number of nitrogens with zero attached hydrogens (tertiary/aromatic N) is 1. The van der Waals surface area contributed by atoms with Crippen LogP contribution < -0.4 is 9.47 Å². The summed E-state index contributed by atoms with van der Waals surface area (Å²) in [6.07, 6.45) is 1.97. The van der Waals surface area contributed by atoms with Gasteiger partial charge in [0.2, 0.25) is 0 Å². The molecule has 1 heterocycles. The number of carbonyl (C=O) groups excluding carboxylic acids is 1. The van der Waals surface area contributed by atoms with Gasteiger partial charge in [-0.15, -0.1) is 0 Å². The van der Waals surface area contributed by atoms with Crippen LogP contribution in [0.15, 0.2) is 48.5 Å². The Morgan fingerprint density at radius 1 is 0.968 bits per heavy atom. The van der Waals surface area contributed by atoms with Gasteiger partial charge in [-0.25, -0.2) is 4.79 Å². The Morgan fingerprint density at radius 2 is 1.65 bits per heavy atom. The maximum absolute atomic E-state index is 12.4. The predicted octanol–water partition coefficient (Wildman–Crippen LogP) is 5.78. The molecule has 0 N–H and O–H groups in total. The zero-order valence-corrected chi connectivity index (χ0v) is 19.0. The summed E-state index contributed by atoms with van der Waals surface area (Å²) < 4.78 is 17.4. The van der Waals surface area contributed by atoms with Crippen molar-refractivity contribution in [1.29, 1.82) is 0 Å². The predicted molar refractivity (Wildman–Crippen MR) is 121 cm³/mol. The minimum absolute atomic E-state index is 0.192. The number of hydrogen-bond acceptors (Lipinski definition) is 4. The van der Waals surface area contributed by atoms with E-state index in [1.807, 2.05) is 56.9 Å². The molecule has 5 heteroatoms. The third kappa shape index (κ3) is 5.33. The molecular formula is C26H33NO4. The Hall–Kier alpha value is -2.69. The largest absolute Gasteiger partial charge is 0.494 e. The van der Waals surface area contributed by atoms with Crippen molar-refractivity contribution in [2.75, 3.05) is 19.7 Å². The lowest BCUT2D eigenvalue weighted by Gasteiger charge is -2.25. The zero-order chi connectivity index (χ0) is 22.0. The van der Waals surface area contributed by atoms with Gasteiger partial charge in [-0.2, -0.15) is 0 Å². The second-order valence-corrected chi connectivity index (χ2v) is 9.60. The smallest absolute Gasteiger partial charge is 0.410 e. The molecule has 0 aromatic heterocycles. The number of hydrogen-bond donors (Lipinski definition) is 0. The van der Waals surface area contributed by atoms with E-state index < -0.39 is 5.60 Å². The molecule has 0 bridgehead atoms. The standard InChI is InChI=1S/C26H33NO4/c1-5-29-22-11-9-18(10-12-22)19-7-6-8-23(13-19)30-24-14-20-16-27(17-21(20)15-24)25(28)31-26(2,3)4/h6-13,20-21,24H,5,14-17H2,1-4H3/t20-,21+,24-. The Kier molecular flexibility index (Phi) is 6.12. The third-order valence-electron chi connectivity index (χ3n) is 5.99. The van der Waals surface area contributed by atoms with Gasteiger partial charge in [0, 0.05) is 13.1 Å². The lowest BCUT2D eigenvalue weighted by atomic mass is 10.0. The van der Waals surface area contributed by atoms with Crippen molar-refractivity contribution >= 4 is 6.09 Å². The third-order valence-corrected chi connectivity index (χ3v) is 5.99. The van der Waals surface area contributed by atoms with Crippen molar-refractivity contribution in [1.82, 2.24) is 4.90 Å². The van der Waals surface area contributed by atoms with Gasteiger partial charge in [-0.1, -0.05) is 24.3 Å². The number of rotatable bonds is 5. The quantitative estimate of drug-likeness (QED) is 0.612. The van der Waals surface area contributed by atoms with Crippen molar-refractivity contribution in [3.8, 4) is 22.6 Å². The van der Waals surface area contributed by atoms with Crippen LogP contribution >= 0.6 is 0 Å². The molecule has 1 amide bonds. The lowest BCUT2D eigenvalue weighted by Crippen LogP contribution is -2.36. The van der Waals surface area contributed by atoms with E-state index in [-0.39, 0.29) is 12.2 Å². The first-order chi connectivity index (χ1) is 14.8. The summed E-state index contributed by atoms with van der Waals surface area (Å²) in [6.45, 7) is 9.92. The SMILES string of the molecule is CCOc1ccc(-c2cccc(O[C@@H]3C[C@@H]4CN(C(=O)OC(C)(C)C)C[C@@H]4C3)c2)cc1. The van der Waals surface area contributed by atoms with Gasteiger partial charge in [0.25, 0.3) is 0 Å². The summed E-state index contributed by atoms with van der Waals surface area (Å²) in [5, 5.41) is 0. The number of fused-ring (bicyclic) bond motifs is 1. The van der Waals surface area contributed by atoms with Gasteiger partial charge in [-0.3, -0.25) is 0 Å². The van der Waals surface area contributed by atoms with Crippen molar-refractivity contribution in [3.63, 3.8) is 0 Å².